The monoisotopic (exact) mass is 377 g/mol. The highest BCUT2D eigenvalue weighted by Crippen LogP contribution is 2.14. The molecule has 1 heterocycles. The molecule has 144 valence electrons. The van der Waals surface area contributed by atoms with Crippen LogP contribution in [0.4, 0.5) is 4.39 Å². The Hall–Kier alpha value is -1.49. The van der Waals surface area contributed by atoms with Gasteiger partial charge in [0.1, 0.15) is 17.3 Å². The predicted octanol–water partition coefficient (Wildman–Crippen LogP) is 6.92. The molecule has 0 aliphatic heterocycles. The summed E-state index contributed by atoms with van der Waals surface area (Å²) >= 11 is 5.26. The van der Waals surface area contributed by atoms with Gasteiger partial charge in [-0.3, -0.25) is 5.10 Å². The van der Waals surface area contributed by atoms with E-state index in [9.17, 15) is 4.39 Å². The zero-order valence-electron chi connectivity index (χ0n) is 16.0. The third-order valence-corrected chi connectivity index (χ3v) is 5.05. The highest BCUT2D eigenvalue weighted by Gasteiger charge is 2.08. The summed E-state index contributed by atoms with van der Waals surface area (Å²) in [5, 5.41) is 3.14. The fraction of sp³-hybridized carbons (Fsp3) is 0.619. The first-order chi connectivity index (χ1) is 12.7. The number of benzene rings is 1. The summed E-state index contributed by atoms with van der Waals surface area (Å²) < 4.78 is 15.8. The number of aromatic amines is 1. The molecule has 0 radical (unpaired) electrons. The summed E-state index contributed by atoms with van der Waals surface area (Å²) in [7, 11) is 0. The van der Waals surface area contributed by atoms with Gasteiger partial charge in [0.2, 0.25) is 4.77 Å². The molecule has 0 atom stereocenters. The molecule has 2 rings (SSSR count). The van der Waals surface area contributed by atoms with Gasteiger partial charge in [-0.2, -0.15) is 0 Å². The lowest BCUT2D eigenvalue weighted by atomic mass is 10.1. The molecule has 5 heteroatoms. The van der Waals surface area contributed by atoms with Gasteiger partial charge in [0.05, 0.1) is 0 Å². The minimum atomic E-state index is -0.298. The lowest BCUT2D eigenvalue weighted by molar-refractivity contribution is 0.547. The number of hydrogen-bond acceptors (Lipinski definition) is 2. The van der Waals surface area contributed by atoms with Crippen molar-refractivity contribution in [2.24, 2.45) is 0 Å². The maximum atomic E-state index is 13.9. The molecule has 2 aromatic rings. The Morgan fingerprint density at radius 2 is 1.50 bits per heavy atom. The molecule has 0 spiro atoms. The molecule has 3 nitrogen and oxygen atoms in total. The molecular weight excluding hydrogens is 345 g/mol. The Kier molecular flexibility index (Phi) is 9.61. The first-order valence-corrected chi connectivity index (χ1v) is 10.6. The van der Waals surface area contributed by atoms with Crippen LogP contribution in [0.2, 0.25) is 0 Å². The Morgan fingerprint density at radius 3 is 2.12 bits per heavy atom. The molecule has 1 aromatic carbocycles. The van der Waals surface area contributed by atoms with Gasteiger partial charge in [0.25, 0.3) is 0 Å². The van der Waals surface area contributed by atoms with Crippen molar-refractivity contribution in [2.75, 3.05) is 0 Å². The maximum Gasteiger partial charge on any atom is 0.221 e. The highest BCUT2D eigenvalue weighted by molar-refractivity contribution is 7.71. The topological polar surface area (TPSA) is 33.6 Å². The molecule has 1 aromatic heterocycles. The van der Waals surface area contributed by atoms with E-state index in [1.807, 2.05) is 0 Å². The number of H-pyrrole nitrogens is 1. The number of unbranched alkanes of at least 4 members (excludes halogenated alkanes) is 10. The molecule has 0 saturated heterocycles. The third kappa shape index (κ3) is 7.02. The molecule has 0 bridgehead atoms. The average molecular weight is 378 g/mol. The van der Waals surface area contributed by atoms with E-state index < -0.39 is 0 Å². The Bertz CT molecular complexity index is 693. The number of halogens is 1. The number of para-hydroxylation sites is 1. The van der Waals surface area contributed by atoms with Crippen LogP contribution in [0, 0.1) is 10.6 Å². The quantitative estimate of drug-likeness (QED) is 0.303. The van der Waals surface area contributed by atoms with Crippen molar-refractivity contribution < 1.29 is 4.39 Å². The van der Waals surface area contributed by atoms with Gasteiger partial charge in [-0.1, -0.05) is 83.3 Å². The number of aromatic nitrogens is 3. The van der Waals surface area contributed by atoms with Gasteiger partial charge in [0, 0.05) is 6.42 Å². The van der Waals surface area contributed by atoms with Crippen LogP contribution in [-0.2, 0) is 6.42 Å². The first-order valence-electron chi connectivity index (χ1n) is 10.1. The van der Waals surface area contributed by atoms with Crippen molar-refractivity contribution >= 4 is 12.2 Å². The minimum Gasteiger partial charge on any atom is -0.278 e. The van der Waals surface area contributed by atoms with E-state index in [1.165, 1.54) is 70.3 Å². The Balaban J connectivity index is 1.62. The largest absolute Gasteiger partial charge is 0.278 e. The smallest absolute Gasteiger partial charge is 0.221 e. The molecule has 0 aliphatic rings. The van der Waals surface area contributed by atoms with Gasteiger partial charge in [-0.25, -0.2) is 14.1 Å². The van der Waals surface area contributed by atoms with Gasteiger partial charge < -0.3 is 0 Å². The zero-order valence-corrected chi connectivity index (χ0v) is 16.8. The van der Waals surface area contributed by atoms with Crippen molar-refractivity contribution in [3.63, 3.8) is 0 Å². The number of nitrogens with one attached hydrogen (secondary N) is 1. The Morgan fingerprint density at radius 1 is 0.923 bits per heavy atom. The van der Waals surface area contributed by atoms with Crippen LogP contribution < -0.4 is 0 Å². The third-order valence-electron chi connectivity index (χ3n) is 4.77. The van der Waals surface area contributed by atoms with Crippen LogP contribution in [0.15, 0.2) is 24.3 Å². The molecule has 26 heavy (non-hydrogen) atoms. The van der Waals surface area contributed by atoms with E-state index in [-0.39, 0.29) is 5.82 Å². The van der Waals surface area contributed by atoms with Gasteiger partial charge >= 0.3 is 0 Å². The molecule has 0 saturated carbocycles. The highest BCUT2D eigenvalue weighted by atomic mass is 32.1. The van der Waals surface area contributed by atoms with Crippen LogP contribution in [0.5, 0.6) is 0 Å². The van der Waals surface area contributed by atoms with Crippen molar-refractivity contribution in [1.29, 1.82) is 0 Å². The maximum absolute atomic E-state index is 13.9. The van der Waals surface area contributed by atoms with E-state index in [0.29, 0.717) is 10.5 Å². The van der Waals surface area contributed by atoms with Crippen LogP contribution in [0.1, 0.15) is 83.4 Å². The summed E-state index contributed by atoms with van der Waals surface area (Å²) in [6, 6.07) is 6.60. The zero-order chi connectivity index (χ0) is 18.6. The molecule has 1 N–H and O–H groups in total. The van der Waals surface area contributed by atoms with Gasteiger partial charge in [-0.15, -0.1) is 0 Å². The Labute approximate surface area is 162 Å². The molecular formula is C21H32FN3S. The molecule has 0 aliphatic carbocycles. The summed E-state index contributed by atoms with van der Waals surface area (Å²) in [5.41, 5.74) is 0.426. The van der Waals surface area contributed by atoms with Crippen molar-refractivity contribution in [1.82, 2.24) is 14.8 Å². The van der Waals surface area contributed by atoms with Crippen LogP contribution in [0.25, 0.3) is 5.69 Å². The SMILES string of the molecule is CCCCCCCCCCCCCc1nc(=S)n(-c2ccccc2F)[nH]1. The first kappa shape index (κ1) is 20.8. The van der Waals surface area contributed by atoms with Crippen LogP contribution in [0.3, 0.4) is 0 Å². The fourth-order valence-corrected chi connectivity index (χ4v) is 3.49. The van der Waals surface area contributed by atoms with E-state index in [0.717, 1.165) is 18.7 Å². The van der Waals surface area contributed by atoms with E-state index >= 15 is 0 Å². The number of rotatable bonds is 13. The summed E-state index contributed by atoms with van der Waals surface area (Å²) in [6.07, 6.45) is 15.4. The summed E-state index contributed by atoms with van der Waals surface area (Å²) in [4.78, 5) is 4.37. The lowest BCUT2D eigenvalue weighted by Gasteiger charge is -2.03. The van der Waals surface area contributed by atoms with Crippen molar-refractivity contribution in [2.45, 2.75) is 84.0 Å². The lowest BCUT2D eigenvalue weighted by Crippen LogP contribution is -2.00. The number of nitrogens with zero attached hydrogens (tertiary/aromatic N) is 2. The normalized spacial score (nSPS) is 11.2. The van der Waals surface area contributed by atoms with Gasteiger partial charge in [0.15, 0.2) is 0 Å². The van der Waals surface area contributed by atoms with E-state index in [4.69, 9.17) is 12.2 Å². The second-order valence-electron chi connectivity index (χ2n) is 7.03. The van der Waals surface area contributed by atoms with Crippen LogP contribution in [-0.4, -0.2) is 14.8 Å². The molecule has 0 fully saturated rings. The van der Waals surface area contributed by atoms with Crippen molar-refractivity contribution in [3.8, 4) is 5.69 Å². The molecule has 0 amide bonds. The van der Waals surface area contributed by atoms with Crippen molar-refractivity contribution in [3.05, 3.63) is 40.7 Å². The summed E-state index contributed by atoms with van der Waals surface area (Å²) in [6.45, 7) is 2.26. The molecule has 0 unspecified atom stereocenters. The predicted molar refractivity (Wildman–Crippen MR) is 109 cm³/mol. The fourth-order valence-electron chi connectivity index (χ4n) is 3.23. The number of aryl methyl sites for hydroxylation is 1. The second kappa shape index (κ2) is 12.0. The van der Waals surface area contributed by atoms with E-state index in [1.54, 1.807) is 22.9 Å². The standard InChI is InChI=1S/C21H32FN3S/c1-2-3-4-5-6-7-8-9-10-11-12-17-20-23-21(26)25(24-20)19-16-14-13-15-18(19)22/h13-16H,2-12,17H2,1H3,(H,23,24,26). The second-order valence-corrected chi connectivity index (χ2v) is 7.39. The van der Waals surface area contributed by atoms with Crippen LogP contribution >= 0.6 is 12.2 Å². The average Bonchev–Trinajstić information content (AvgIpc) is 3.00. The summed E-state index contributed by atoms with van der Waals surface area (Å²) in [5.74, 6) is 0.544. The minimum absolute atomic E-state index is 0.298. The number of hydrogen-bond donors (Lipinski definition) is 1. The van der Waals surface area contributed by atoms with Gasteiger partial charge in [-0.05, 0) is 30.8 Å². The van der Waals surface area contributed by atoms with E-state index in [2.05, 4.69) is 17.0 Å².